The summed E-state index contributed by atoms with van der Waals surface area (Å²) in [5.41, 5.74) is 3.77. The standard InChI is InChI=1S/C23H20ClN5O3.C2HF3O2/c1-13-4-5-15(8-16(13)21(30)31)32-23-27-19-9-17(18(24)10-20(19)28-23)14-11-25-22(26-12-14)29-6-2-3-7-29;3-2(4,5)1(6)7/h4-5,8-12H,2-3,6-7H2,1H3,(H,27,28)(H,30,31);(H,6,7). The molecule has 0 atom stereocenters. The second kappa shape index (κ2) is 11.2. The molecule has 5 rings (SSSR count). The van der Waals surface area contributed by atoms with E-state index in [0.717, 1.165) is 43.0 Å². The number of aromatic carboxylic acids is 1. The Morgan fingerprint density at radius 1 is 1.08 bits per heavy atom. The van der Waals surface area contributed by atoms with Gasteiger partial charge in [-0.2, -0.15) is 18.2 Å². The first-order valence-corrected chi connectivity index (χ1v) is 11.9. The number of nitrogens with one attached hydrogen (secondary N) is 1. The lowest BCUT2D eigenvalue weighted by Gasteiger charge is -2.14. The van der Waals surface area contributed by atoms with E-state index >= 15 is 0 Å². The van der Waals surface area contributed by atoms with Crippen molar-refractivity contribution in [1.29, 1.82) is 0 Å². The van der Waals surface area contributed by atoms with Crippen LogP contribution in [0.5, 0.6) is 11.8 Å². The van der Waals surface area contributed by atoms with Crippen molar-refractivity contribution in [1.82, 2.24) is 19.9 Å². The molecule has 2 aromatic carbocycles. The predicted molar refractivity (Wildman–Crippen MR) is 135 cm³/mol. The summed E-state index contributed by atoms with van der Waals surface area (Å²) in [7, 11) is 0. The zero-order valence-electron chi connectivity index (χ0n) is 20.3. The predicted octanol–water partition coefficient (Wildman–Crippen LogP) is 5.71. The summed E-state index contributed by atoms with van der Waals surface area (Å²) >= 11 is 6.53. The summed E-state index contributed by atoms with van der Waals surface area (Å²) in [5.74, 6) is -2.65. The molecule has 39 heavy (non-hydrogen) atoms. The zero-order chi connectivity index (χ0) is 28.3. The van der Waals surface area contributed by atoms with E-state index in [4.69, 9.17) is 26.2 Å². The fourth-order valence-corrected chi connectivity index (χ4v) is 4.10. The molecule has 1 fully saturated rings. The highest BCUT2D eigenvalue weighted by Crippen LogP contribution is 2.33. The van der Waals surface area contributed by atoms with Crippen LogP contribution in [-0.2, 0) is 4.79 Å². The molecule has 0 aliphatic carbocycles. The van der Waals surface area contributed by atoms with Gasteiger partial charge in [0.2, 0.25) is 5.95 Å². The van der Waals surface area contributed by atoms with Crippen molar-refractivity contribution in [3.8, 4) is 22.9 Å². The van der Waals surface area contributed by atoms with Crippen LogP contribution in [0.2, 0.25) is 5.02 Å². The lowest BCUT2D eigenvalue weighted by Crippen LogP contribution is -2.21. The Labute approximate surface area is 224 Å². The van der Waals surface area contributed by atoms with Gasteiger partial charge in [0, 0.05) is 36.6 Å². The minimum absolute atomic E-state index is 0.182. The summed E-state index contributed by atoms with van der Waals surface area (Å²) < 4.78 is 37.5. The molecule has 0 saturated carbocycles. The van der Waals surface area contributed by atoms with Crippen LogP contribution >= 0.6 is 11.6 Å². The van der Waals surface area contributed by atoms with Gasteiger partial charge in [0.1, 0.15) is 5.75 Å². The molecule has 3 heterocycles. The lowest BCUT2D eigenvalue weighted by molar-refractivity contribution is -0.192. The molecule has 2 aromatic heterocycles. The number of aromatic amines is 1. The molecular formula is C25H21ClF3N5O5. The second-order valence-electron chi connectivity index (χ2n) is 8.54. The Kier molecular flexibility index (Phi) is 7.90. The number of imidazole rings is 1. The first-order valence-electron chi connectivity index (χ1n) is 11.5. The monoisotopic (exact) mass is 563 g/mol. The number of benzene rings is 2. The number of carboxylic acids is 2. The number of alkyl halides is 3. The van der Waals surface area contributed by atoms with Crippen LogP contribution in [0.4, 0.5) is 19.1 Å². The SMILES string of the molecule is Cc1ccc(Oc2nc3cc(-c4cnc(N5CCCC5)nc4)c(Cl)cc3[nH]2)cc1C(=O)O.O=C(O)C(F)(F)F. The summed E-state index contributed by atoms with van der Waals surface area (Å²) in [6.07, 6.45) is 0.795. The minimum Gasteiger partial charge on any atom is -0.478 e. The van der Waals surface area contributed by atoms with Crippen molar-refractivity contribution >= 4 is 40.5 Å². The quantitative estimate of drug-likeness (QED) is 0.278. The number of H-pyrrole nitrogens is 1. The van der Waals surface area contributed by atoms with Crippen LogP contribution in [0.1, 0.15) is 28.8 Å². The fraction of sp³-hybridized carbons (Fsp3) is 0.240. The molecule has 4 aromatic rings. The molecule has 0 spiro atoms. The number of halogens is 4. The molecule has 1 aliphatic rings. The molecule has 10 nitrogen and oxygen atoms in total. The van der Waals surface area contributed by atoms with Crippen LogP contribution in [0, 0.1) is 6.92 Å². The highest BCUT2D eigenvalue weighted by atomic mass is 35.5. The Hall–Kier alpha value is -4.39. The van der Waals surface area contributed by atoms with Gasteiger partial charge in [0.25, 0.3) is 6.01 Å². The average molecular weight is 564 g/mol. The Morgan fingerprint density at radius 3 is 2.31 bits per heavy atom. The van der Waals surface area contributed by atoms with E-state index in [1.807, 2.05) is 6.07 Å². The van der Waals surface area contributed by atoms with Crippen molar-refractivity contribution in [2.75, 3.05) is 18.0 Å². The number of aryl methyl sites for hydroxylation is 1. The van der Waals surface area contributed by atoms with Gasteiger partial charge in [-0.3, -0.25) is 0 Å². The Bertz CT molecular complexity index is 1520. The van der Waals surface area contributed by atoms with E-state index in [9.17, 15) is 23.1 Å². The van der Waals surface area contributed by atoms with Gasteiger partial charge in [-0.15, -0.1) is 0 Å². The lowest BCUT2D eigenvalue weighted by atomic mass is 10.1. The van der Waals surface area contributed by atoms with Gasteiger partial charge in [-0.1, -0.05) is 17.7 Å². The number of ether oxygens (including phenoxy) is 1. The largest absolute Gasteiger partial charge is 0.490 e. The van der Waals surface area contributed by atoms with Crippen molar-refractivity contribution in [2.45, 2.75) is 25.9 Å². The maximum absolute atomic E-state index is 11.4. The molecule has 0 amide bonds. The highest BCUT2D eigenvalue weighted by molar-refractivity contribution is 6.34. The van der Waals surface area contributed by atoms with Crippen LogP contribution in [0.25, 0.3) is 22.2 Å². The molecule has 1 saturated heterocycles. The van der Waals surface area contributed by atoms with Gasteiger partial charge in [-0.05, 0) is 49.6 Å². The summed E-state index contributed by atoms with van der Waals surface area (Å²) in [4.78, 5) is 39.0. The van der Waals surface area contributed by atoms with Crippen LogP contribution in [-0.4, -0.2) is 61.4 Å². The van der Waals surface area contributed by atoms with Gasteiger partial charge in [-0.25, -0.2) is 19.6 Å². The number of fused-ring (bicyclic) bond motifs is 1. The minimum atomic E-state index is -5.08. The molecule has 3 N–H and O–H groups in total. The number of rotatable bonds is 5. The van der Waals surface area contributed by atoms with Gasteiger partial charge >= 0.3 is 18.1 Å². The van der Waals surface area contributed by atoms with E-state index in [-0.39, 0.29) is 11.6 Å². The van der Waals surface area contributed by atoms with Gasteiger partial charge in [0.15, 0.2) is 0 Å². The fourth-order valence-electron chi connectivity index (χ4n) is 3.82. The Morgan fingerprint density at radius 2 is 1.72 bits per heavy atom. The molecule has 14 heteroatoms. The number of hydrogen-bond acceptors (Lipinski definition) is 7. The molecule has 0 bridgehead atoms. The Balaban J connectivity index is 0.000000448. The number of aliphatic carboxylic acids is 1. The molecule has 0 radical (unpaired) electrons. The van der Waals surface area contributed by atoms with E-state index in [0.29, 0.717) is 27.4 Å². The van der Waals surface area contributed by atoms with Crippen molar-refractivity contribution in [2.24, 2.45) is 0 Å². The third kappa shape index (κ3) is 6.55. The zero-order valence-corrected chi connectivity index (χ0v) is 21.0. The maximum atomic E-state index is 11.4. The highest BCUT2D eigenvalue weighted by Gasteiger charge is 2.38. The van der Waals surface area contributed by atoms with E-state index in [1.54, 1.807) is 37.5 Å². The maximum Gasteiger partial charge on any atom is 0.490 e. The number of anilines is 1. The first kappa shape index (κ1) is 27.6. The second-order valence-corrected chi connectivity index (χ2v) is 8.95. The smallest absolute Gasteiger partial charge is 0.478 e. The molecule has 204 valence electrons. The van der Waals surface area contributed by atoms with Gasteiger partial charge < -0.3 is 24.8 Å². The molecule has 0 unspecified atom stereocenters. The van der Waals surface area contributed by atoms with E-state index in [2.05, 4.69) is 24.8 Å². The topological polar surface area (TPSA) is 142 Å². The number of carbonyl (C=O) groups is 2. The van der Waals surface area contributed by atoms with Crippen molar-refractivity contribution in [3.05, 3.63) is 58.9 Å². The van der Waals surface area contributed by atoms with E-state index < -0.39 is 18.1 Å². The van der Waals surface area contributed by atoms with Crippen molar-refractivity contribution < 1.29 is 37.7 Å². The number of carboxylic acid groups (broad SMARTS) is 2. The normalized spacial score (nSPS) is 13.2. The van der Waals surface area contributed by atoms with Crippen LogP contribution < -0.4 is 9.64 Å². The summed E-state index contributed by atoms with van der Waals surface area (Å²) in [5, 5.41) is 17.0. The van der Waals surface area contributed by atoms with E-state index in [1.165, 1.54) is 6.07 Å². The van der Waals surface area contributed by atoms with Crippen LogP contribution in [0.3, 0.4) is 0 Å². The third-order valence-electron chi connectivity index (χ3n) is 5.78. The average Bonchev–Trinajstić information content (AvgIpc) is 3.54. The summed E-state index contributed by atoms with van der Waals surface area (Å²) in [6, 6.07) is 8.75. The number of nitrogens with zero attached hydrogens (tertiary/aromatic N) is 4. The third-order valence-corrected chi connectivity index (χ3v) is 6.10. The van der Waals surface area contributed by atoms with Crippen molar-refractivity contribution in [3.63, 3.8) is 0 Å². The summed E-state index contributed by atoms with van der Waals surface area (Å²) in [6.45, 7) is 3.70. The first-order chi connectivity index (χ1) is 18.4. The van der Waals surface area contributed by atoms with Gasteiger partial charge in [0.05, 0.1) is 21.6 Å². The molecule has 1 aliphatic heterocycles. The number of aromatic nitrogens is 4. The van der Waals surface area contributed by atoms with Crippen LogP contribution in [0.15, 0.2) is 42.7 Å². The number of hydrogen-bond donors (Lipinski definition) is 3. The molecular weight excluding hydrogens is 543 g/mol.